The highest BCUT2D eigenvalue weighted by molar-refractivity contribution is 6.36. The summed E-state index contributed by atoms with van der Waals surface area (Å²) in [6.07, 6.45) is 4.98. The van der Waals surface area contributed by atoms with Crippen LogP contribution in [0.2, 0.25) is 0 Å². The van der Waals surface area contributed by atoms with E-state index in [-0.39, 0.29) is 11.8 Å². The van der Waals surface area contributed by atoms with Crippen molar-refractivity contribution in [1.29, 1.82) is 0 Å². The number of anilines is 2. The van der Waals surface area contributed by atoms with E-state index in [2.05, 4.69) is 13.2 Å². The first-order valence-electron chi connectivity index (χ1n) is 11.9. The second kappa shape index (κ2) is 10.7. The average molecular weight is 490 g/mol. The molecule has 0 unspecified atom stereocenters. The lowest BCUT2D eigenvalue weighted by Crippen LogP contribution is -2.45. The Balaban J connectivity index is 1.64. The van der Waals surface area contributed by atoms with Crippen LogP contribution in [-0.4, -0.2) is 63.0 Å². The molecule has 0 bridgehead atoms. The van der Waals surface area contributed by atoms with Crippen molar-refractivity contribution < 1.29 is 23.9 Å². The summed E-state index contributed by atoms with van der Waals surface area (Å²) in [5.74, 6) is -0.0366. The fourth-order valence-electron chi connectivity index (χ4n) is 4.95. The number of piperidine rings is 1. The molecular weight excluding hydrogens is 458 g/mol. The number of carbonyl (C=O) groups excluding carboxylic acids is 3. The van der Waals surface area contributed by atoms with Crippen LogP contribution in [0, 0.1) is 5.92 Å². The summed E-state index contributed by atoms with van der Waals surface area (Å²) in [6.45, 7) is 9.58. The van der Waals surface area contributed by atoms with Gasteiger partial charge in [-0.25, -0.2) is 4.90 Å². The Hall–Kier alpha value is -4.07. The summed E-state index contributed by atoms with van der Waals surface area (Å²) in [7, 11) is 3.03. The highest BCUT2D eigenvalue weighted by atomic mass is 16.5. The molecule has 2 aliphatic heterocycles. The van der Waals surface area contributed by atoms with Crippen LogP contribution in [0.3, 0.4) is 0 Å². The topological polar surface area (TPSA) is 79.4 Å². The monoisotopic (exact) mass is 489 g/mol. The first-order chi connectivity index (χ1) is 17.4. The van der Waals surface area contributed by atoms with Gasteiger partial charge in [-0.15, -0.1) is 13.2 Å². The van der Waals surface area contributed by atoms with E-state index in [1.54, 1.807) is 47.4 Å². The minimum absolute atomic E-state index is 0.0430. The largest absolute Gasteiger partial charge is 0.493 e. The third-order valence-corrected chi connectivity index (χ3v) is 6.64. The lowest BCUT2D eigenvalue weighted by atomic mass is 9.94. The lowest BCUT2D eigenvalue weighted by molar-refractivity contribution is -0.134. The first-order valence-corrected chi connectivity index (χ1v) is 11.9. The number of amides is 3. The van der Waals surface area contributed by atoms with E-state index in [0.29, 0.717) is 60.2 Å². The molecule has 2 aliphatic rings. The summed E-state index contributed by atoms with van der Waals surface area (Å²) in [6, 6.07) is 10.2. The van der Waals surface area contributed by atoms with Crippen LogP contribution in [0.25, 0.3) is 0 Å². The minimum Gasteiger partial charge on any atom is -0.493 e. The number of fused-ring (bicyclic) bond motifs is 1. The van der Waals surface area contributed by atoms with Crippen molar-refractivity contribution in [3.05, 3.63) is 72.8 Å². The Bertz CT molecular complexity index is 1200. The Kier molecular flexibility index (Phi) is 7.43. The number of benzene rings is 2. The molecule has 3 amide bonds. The third-order valence-electron chi connectivity index (χ3n) is 6.64. The molecule has 2 aromatic carbocycles. The maximum atomic E-state index is 13.6. The number of hydrogen-bond acceptors (Lipinski definition) is 6. The number of methoxy groups -OCH3 is 2. The van der Waals surface area contributed by atoms with Gasteiger partial charge in [0.15, 0.2) is 11.5 Å². The average Bonchev–Trinajstić information content (AvgIpc) is 3.17. The van der Waals surface area contributed by atoms with E-state index < -0.39 is 11.8 Å². The predicted molar refractivity (Wildman–Crippen MR) is 139 cm³/mol. The van der Waals surface area contributed by atoms with Crippen LogP contribution in [0.15, 0.2) is 61.7 Å². The van der Waals surface area contributed by atoms with E-state index in [9.17, 15) is 14.4 Å². The zero-order chi connectivity index (χ0) is 25.8. The molecule has 0 radical (unpaired) electrons. The van der Waals surface area contributed by atoms with Crippen molar-refractivity contribution in [1.82, 2.24) is 4.90 Å². The van der Waals surface area contributed by atoms with Gasteiger partial charge in [-0.1, -0.05) is 18.2 Å². The van der Waals surface area contributed by atoms with Crippen molar-refractivity contribution in [2.75, 3.05) is 50.2 Å². The number of hydrogen-bond donors (Lipinski definition) is 0. The maximum absolute atomic E-state index is 13.6. The van der Waals surface area contributed by atoms with Crippen molar-refractivity contribution in [2.45, 2.75) is 12.8 Å². The van der Waals surface area contributed by atoms with Gasteiger partial charge in [-0.2, -0.15) is 0 Å². The van der Waals surface area contributed by atoms with Crippen molar-refractivity contribution in [3.63, 3.8) is 0 Å². The second-order valence-corrected chi connectivity index (χ2v) is 8.79. The van der Waals surface area contributed by atoms with Gasteiger partial charge in [0.05, 0.1) is 42.6 Å². The van der Waals surface area contributed by atoms with Crippen molar-refractivity contribution >= 4 is 29.1 Å². The molecule has 36 heavy (non-hydrogen) atoms. The normalized spacial score (nSPS) is 17.0. The number of rotatable bonds is 9. The maximum Gasteiger partial charge on any atom is 0.268 e. The number of carbonyl (C=O) groups is 3. The summed E-state index contributed by atoms with van der Waals surface area (Å²) in [5.41, 5.74) is 1.78. The van der Waals surface area contributed by atoms with Gasteiger partial charge in [-0.3, -0.25) is 14.4 Å². The molecule has 0 saturated carbocycles. The fourth-order valence-corrected chi connectivity index (χ4v) is 4.95. The molecular formula is C28H31N3O5. The standard InChI is InChI=1S/C28H31N3O5/c1-5-14-29(15-6-2)26(32)19-9-8-16-30(18-19)22-11-7-10-21-25(22)28(34)31(27(21)33)20-12-13-23(35-3)24(17-20)36-4/h5-7,10-13,17,19H,1-2,8-9,14-16,18H2,3-4H3/t19-/m0/s1. The third kappa shape index (κ3) is 4.46. The first kappa shape index (κ1) is 25.0. The molecule has 188 valence electrons. The quantitative estimate of drug-likeness (QED) is 0.392. The van der Waals surface area contributed by atoms with Crippen LogP contribution < -0.4 is 19.3 Å². The smallest absolute Gasteiger partial charge is 0.268 e. The van der Waals surface area contributed by atoms with E-state index in [0.717, 1.165) is 12.8 Å². The number of imide groups is 1. The SMILES string of the molecule is C=CCN(CC=C)C(=O)[C@H]1CCCN(c2cccc3c2C(=O)N(c2ccc(OC)c(OC)c2)C3=O)C1. The second-order valence-electron chi connectivity index (χ2n) is 8.79. The van der Waals surface area contributed by atoms with Gasteiger partial charge in [0, 0.05) is 32.2 Å². The molecule has 0 aliphatic carbocycles. The summed E-state index contributed by atoms with van der Waals surface area (Å²) in [4.78, 5) is 45.1. The molecule has 2 aromatic rings. The molecule has 1 atom stereocenters. The van der Waals surface area contributed by atoms with Gasteiger partial charge in [-0.05, 0) is 37.1 Å². The van der Waals surface area contributed by atoms with Gasteiger partial charge in [0.1, 0.15) is 0 Å². The summed E-state index contributed by atoms with van der Waals surface area (Å²) < 4.78 is 10.6. The van der Waals surface area contributed by atoms with Crippen LogP contribution in [0.1, 0.15) is 33.6 Å². The van der Waals surface area contributed by atoms with Crippen molar-refractivity contribution in [2.24, 2.45) is 5.92 Å². The zero-order valence-corrected chi connectivity index (χ0v) is 20.7. The van der Waals surface area contributed by atoms with Crippen LogP contribution in [0.5, 0.6) is 11.5 Å². The van der Waals surface area contributed by atoms with E-state index >= 15 is 0 Å². The molecule has 0 N–H and O–H groups in total. The molecule has 4 rings (SSSR count). The molecule has 1 saturated heterocycles. The number of nitrogens with zero attached hydrogens (tertiary/aromatic N) is 3. The molecule has 0 spiro atoms. The highest BCUT2D eigenvalue weighted by Gasteiger charge is 2.40. The Morgan fingerprint density at radius 1 is 1.06 bits per heavy atom. The van der Waals surface area contributed by atoms with Gasteiger partial charge in [0.2, 0.25) is 5.91 Å². The van der Waals surface area contributed by atoms with Crippen LogP contribution in [-0.2, 0) is 4.79 Å². The van der Waals surface area contributed by atoms with Gasteiger partial charge >= 0.3 is 0 Å². The van der Waals surface area contributed by atoms with Gasteiger partial charge in [0.25, 0.3) is 11.8 Å². The van der Waals surface area contributed by atoms with Crippen LogP contribution in [0.4, 0.5) is 11.4 Å². The Morgan fingerprint density at radius 2 is 1.78 bits per heavy atom. The lowest BCUT2D eigenvalue weighted by Gasteiger charge is -2.36. The highest BCUT2D eigenvalue weighted by Crippen LogP contribution is 2.39. The zero-order valence-electron chi connectivity index (χ0n) is 20.7. The summed E-state index contributed by atoms with van der Waals surface area (Å²) in [5, 5.41) is 0. The van der Waals surface area contributed by atoms with Gasteiger partial charge < -0.3 is 19.3 Å². The summed E-state index contributed by atoms with van der Waals surface area (Å²) >= 11 is 0. The van der Waals surface area contributed by atoms with E-state index in [1.807, 2.05) is 11.0 Å². The fraction of sp³-hybridized carbons (Fsp3) is 0.321. The predicted octanol–water partition coefficient (Wildman–Crippen LogP) is 3.92. The number of ether oxygens (including phenoxy) is 2. The molecule has 8 nitrogen and oxygen atoms in total. The van der Waals surface area contributed by atoms with E-state index in [1.165, 1.54) is 19.1 Å². The minimum atomic E-state index is -0.397. The molecule has 2 heterocycles. The van der Waals surface area contributed by atoms with E-state index in [4.69, 9.17) is 9.47 Å². The molecule has 8 heteroatoms. The molecule has 1 fully saturated rings. The Labute approximate surface area is 211 Å². The van der Waals surface area contributed by atoms with Crippen LogP contribution >= 0.6 is 0 Å². The molecule has 0 aromatic heterocycles. The Morgan fingerprint density at radius 3 is 2.44 bits per heavy atom. The van der Waals surface area contributed by atoms with Crippen molar-refractivity contribution in [3.8, 4) is 11.5 Å².